The van der Waals surface area contributed by atoms with E-state index in [1.807, 2.05) is 70.6 Å². The Morgan fingerprint density at radius 2 is 1.02 bits per heavy atom. The van der Waals surface area contributed by atoms with Crippen LogP contribution in [0.2, 0.25) is 0 Å². The predicted molar refractivity (Wildman–Crippen MR) is 209 cm³/mol. The maximum atomic E-state index is 11.9. The van der Waals surface area contributed by atoms with Gasteiger partial charge in [0.25, 0.3) is 0 Å². The Balaban J connectivity index is -0.000000749. The van der Waals surface area contributed by atoms with E-state index in [1.54, 1.807) is 6.92 Å². The lowest BCUT2D eigenvalue weighted by atomic mass is 10.6. The Kier molecular flexibility index (Phi) is 44.8. The predicted octanol–water partition coefficient (Wildman–Crippen LogP) is 1.57. The van der Waals surface area contributed by atoms with Crippen LogP contribution < -0.4 is 10.6 Å². The highest BCUT2D eigenvalue weighted by Gasteiger charge is 2.17. The number of hydrogen-bond acceptors (Lipinski definition) is 18. The SMILES string of the molecule is CSCSCSCSCSCS[C@@H](C)NCCO.C[C@@H](NCCO)S(=O)CS(=O)CS(=O)CS(=O)CS(=O)C[S@](C)=O.OO. The first-order chi connectivity index (χ1) is 21.0. The van der Waals surface area contributed by atoms with Crippen LogP contribution >= 0.6 is 70.6 Å². The van der Waals surface area contributed by atoms with Gasteiger partial charge in [-0.15, -0.1) is 58.8 Å². The Bertz CT molecular complexity index is 820. The molecule has 44 heavy (non-hydrogen) atoms. The zero-order chi connectivity index (χ0) is 34.2. The fourth-order valence-corrected chi connectivity index (χ4v) is 20.0. The molecule has 6 N–H and O–H groups in total. The van der Waals surface area contributed by atoms with Crippen molar-refractivity contribution in [3.63, 3.8) is 0 Å². The largest absolute Gasteiger partial charge is 0.395 e. The van der Waals surface area contributed by atoms with Crippen LogP contribution in [0.5, 0.6) is 0 Å². The summed E-state index contributed by atoms with van der Waals surface area (Å²) in [5.74, 6) is 0. The highest BCUT2D eigenvalue weighted by atomic mass is 32.3. The highest BCUT2D eigenvalue weighted by molar-refractivity contribution is 8.29. The van der Waals surface area contributed by atoms with Gasteiger partial charge in [-0.1, -0.05) is 0 Å². The zero-order valence-corrected chi connectivity index (χ0v) is 35.0. The zero-order valence-electron chi connectivity index (χ0n) is 25.2. The van der Waals surface area contributed by atoms with E-state index in [4.69, 9.17) is 20.7 Å². The number of aliphatic hydroxyl groups is 2. The summed E-state index contributed by atoms with van der Waals surface area (Å²) in [6, 6.07) is 0. The summed E-state index contributed by atoms with van der Waals surface area (Å²) >= 11 is 11.8. The van der Waals surface area contributed by atoms with Crippen LogP contribution in [0.4, 0.5) is 0 Å². The molecule has 0 aromatic heterocycles. The first-order valence-electron chi connectivity index (χ1n) is 12.3. The molecule has 0 heterocycles. The summed E-state index contributed by atoms with van der Waals surface area (Å²) in [6.45, 7) is 4.85. The van der Waals surface area contributed by atoms with Gasteiger partial charge in [0.15, 0.2) is 0 Å². The summed E-state index contributed by atoms with van der Waals surface area (Å²) in [4.78, 5) is 0. The number of nitrogens with one attached hydrogen (secondary N) is 2. The molecule has 270 valence electrons. The van der Waals surface area contributed by atoms with Crippen molar-refractivity contribution in [2.75, 3.05) is 89.7 Å². The van der Waals surface area contributed by atoms with E-state index in [9.17, 15) is 25.3 Å². The minimum Gasteiger partial charge on any atom is -0.395 e. The molecule has 0 aromatic carbocycles. The van der Waals surface area contributed by atoms with E-state index in [2.05, 4.69) is 23.8 Å². The molecule has 0 rings (SSSR count). The average molecular weight is 861 g/mol. The molecule has 0 aromatic rings. The van der Waals surface area contributed by atoms with Crippen LogP contribution in [-0.4, -0.2) is 146 Å². The number of rotatable bonds is 28. The third-order valence-electron chi connectivity index (χ3n) is 3.92. The Hall–Kier alpha value is 2.76. The Labute approximate surface area is 303 Å². The van der Waals surface area contributed by atoms with Crippen molar-refractivity contribution < 1.29 is 46.0 Å². The third kappa shape index (κ3) is 39.2. The van der Waals surface area contributed by atoms with Crippen LogP contribution in [-0.2, 0) is 64.8 Å². The highest BCUT2D eigenvalue weighted by Crippen LogP contribution is 2.24. The van der Waals surface area contributed by atoms with Crippen LogP contribution in [0.3, 0.4) is 0 Å². The summed E-state index contributed by atoms with van der Waals surface area (Å²) < 4.78 is 69.6. The monoisotopic (exact) mass is 860 g/mol. The molecule has 0 aliphatic carbocycles. The van der Waals surface area contributed by atoms with Gasteiger partial charge in [-0.25, -0.2) is 0 Å². The van der Waals surface area contributed by atoms with E-state index in [0.29, 0.717) is 11.9 Å². The van der Waals surface area contributed by atoms with Gasteiger partial charge in [-0.05, 0) is 20.1 Å². The molecule has 8 atom stereocenters. The molecule has 24 heteroatoms. The van der Waals surface area contributed by atoms with Crippen molar-refractivity contribution in [1.29, 1.82) is 0 Å². The van der Waals surface area contributed by atoms with Crippen molar-refractivity contribution >= 4 is 135 Å². The summed E-state index contributed by atoms with van der Waals surface area (Å²) in [5.41, 5.74) is 0. The molecule has 0 amide bonds. The smallest absolute Gasteiger partial charge is 0.102 e. The molecule has 0 spiro atoms. The quantitative estimate of drug-likeness (QED) is 0.0286. The van der Waals surface area contributed by atoms with Gasteiger partial charge in [0.2, 0.25) is 0 Å². The maximum absolute atomic E-state index is 11.9. The molecule has 0 saturated carbocycles. The van der Waals surface area contributed by atoms with Crippen molar-refractivity contribution in [2.45, 2.75) is 24.6 Å². The molecule has 0 aliphatic heterocycles. The number of aliphatic hydroxyl groups excluding tert-OH is 2. The van der Waals surface area contributed by atoms with Crippen molar-refractivity contribution in [3.8, 4) is 0 Å². The third-order valence-corrected chi connectivity index (χ3v) is 23.0. The summed E-state index contributed by atoms with van der Waals surface area (Å²) in [5, 5.41) is 40.3. The number of thioether (sulfide) groups is 6. The average Bonchev–Trinajstić information content (AvgIpc) is 2.96. The Morgan fingerprint density at radius 1 is 0.614 bits per heavy atom. The second-order valence-electron chi connectivity index (χ2n) is 7.80. The molecule has 0 radical (unpaired) electrons. The van der Waals surface area contributed by atoms with E-state index in [0.717, 1.165) is 5.08 Å². The fraction of sp³-hybridized carbons (Fsp3) is 1.00. The fourth-order valence-electron chi connectivity index (χ4n) is 2.23. The lowest BCUT2D eigenvalue weighted by Crippen LogP contribution is -2.34. The van der Waals surface area contributed by atoms with Crippen molar-refractivity contribution in [3.05, 3.63) is 0 Å². The van der Waals surface area contributed by atoms with Crippen LogP contribution in [0.15, 0.2) is 0 Å². The molecular formula is C20H48N2O10S12. The second-order valence-corrected chi connectivity index (χ2v) is 26.6. The second kappa shape index (κ2) is 38.6. The standard InChI is InChI=1S/C10H23NO7S6.C10H23NOS6.H2O2/c1-10(11-3-4-12)24(18)9-23(17)8-22(16)7-21(15)6-20(14)5-19(2)13;1-10(11-3-4-12)18-9-17-8-16-7-15-6-14-5-13-2;1-2/h10-12H,3-9H2,1-2H3;10-12H,3-9H2,1-2H3;1-2H/t10-,19-,20?,21?,22?,23?,24?;10-;/m00./s1. The van der Waals surface area contributed by atoms with E-state index >= 15 is 0 Å². The van der Waals surface area contributed by atoms with Crippen molar-refractivity contribution in [2.24, 2.45) is 0 Å². The van der Waals surface area contributed by atoms with E-state index < -0.39 is 70.2 Å². The molecule has 0 aliphatic rings. The normalized spacial score (nSPS) is 16.6. The minimum atomic E-state index is -1.65. The van der Waals surface area contributed by atoms with Gasteiger partial charge in [-0.3, -0.25) is 35.8 Å². The molecule has 12 nitrogen and oxygen atoms in total. The van der Waals surface area contributed by atoms with Crippen LogP contribution in [0, 0.1) is 0 Å². The lowest BCUT2D eigenvalue weighted by Gasteiger charge is -2.12. The molecule has 0 fully saturated rings. The number of hydrogen-bond donors (Lipinski definition) is 6. The van der Waals surface area contributed by atoms with Gasteiger partial charge in [0, 0.05) is 98.8 Å². The first-order valence-corrected chi connectivity index (χ1v) is 28.5. The van der Waals surface area contributed by atoms with E-state index in [1.165, 1.54) is 26.6 Å². The lowest BCUT2D eigenvalue weighted by molar-refractivity contribution is -0.176. The summed E-state index contributed by atoms with van der Waals surface area (Å²) in [6.07, 6.45) is 3.54. The Morgan fingerprint density at radius 3 is 1.48 bits per heavy atom. The minimum absolute atomic E-state index is 0.0813. The van der Waals surface area contributed by atoms with Gasteiger partial charge < -0.3 is 20.8 Å². The molecular weight excluding hydrogens is 813 g/mol. The van der Waals surface area contributed by atoms with Gasteiger partial charge in [0.05, 0.1) is 39.8 Å². The molecule has 5 unspecified atom stereocenters. The van der Waals surface area contributed by atoms with Gasteiger partial charge >= 0.3 is 0 Å². The maximum Gasteiger partial charge on any atom is 0.102 e. The summed E-state index contributed by atoms with van der Waals surface area (Å²) in [7, 11) is -9.11. The van der Waals surface area contributed by atoms with Gasteiger partial charge in [0.1, 0.15) is 20.3 Å². The van der Waals surface area contributed by atoms with Crippen LogP contribution in [0.1, 0.15) is 13.8 Å². The van der Waals surface area contributed by atoms with E-state index in [-0.39, 0.29) is 45.2 Å². The first kappa shape index (κ1) is 51.1. The van der Waals surface area contributed by atoms with Crippen molar-refractivity contribution in [1.82, 2.24) is 10.6 Å². The van der Waals surface area contributed by atoms with Crippen LogP contribution in [0.25, 0.3) is 0 Å². The molecule has 0 saturated heterocycles. The van der Waals surface area contributed by atoms with Gasteiger partial charge in [-0.2, -0.15) is 11.8 Å². The topological polar surface area (TPSA) is 207 Å². The molecule has 0 bridgehead atoms.